The Bertz CT molecular complexity index is 516. The van der Waals surface area contributed by atoms with Gasteiger partial charge in [0.1, 0.15) is 10.8 Å². The summed E-state index contributed by atoms with van der Waals surface area (Å²) in [6.45, 7) is 1.76. The van der Waals surface area contributed by atoms with Crippen molar-refractivity contribution < 1.29 is 4.79 Å². The molecule has 1 aromatic heterocycles. The average Bonchev–Trinajstić information content (AvgIpc) is 2.51. The molecule has 0 aliphatic carbocycles. The van der Waals surface area contributed by atoms with E-state index in [1.807, 2.05) is 17.2 Å². The van der Waals surface area contributed by atoms with Crippen LogP contribution in [0.5, 0.6) is 0 Å². The Hall–Kier alpha value is -1.21. The molecule has 21 heavy (non-hydrogen) atoms. The van der Waals surface area contributed by atoms with Gasteiger partial charge in [0.05, 0.1) is 0 Å². The van der Waals surface area contributed by atoms with Gasteiger partial charge in [-0.1, -0.05) is 17.8 Å². The number of carbonyl (C=O) groups is 1. The summed E-state index contributed by atoms with van der Waals surface area (Å²) in [6, 6.07) is 1.75. The van der Waals surface area contributed by atoms with E-state index in [-0.39, 0.29) is 5.91 Å². The van der Waals surface area contributed by atoms with Crippen molar-refractivity contribution in [3.8, 4) is 0 Å². The minimum Gasteiger partial charge on any atom is -0.384 e. The Morgan fingerprint density at radius 2 is 2.14 bits per heavy atom. The molecule has 1 aliphatic heterocycles. The Balaban J connectivity index is 1.81. The van der Waals surface area contributed by atoms with E-state index in [9.17, 15) is 4.79 Å². The zero-order valence-corrected chi connectivity index (χ0v) is 13.8. The highest BCUT2D eigenvalue weighted by Gasteiger charge is 2.13. The van der Waals surface area contributed by atoms with Gasteiger partial charge in [0.15, 0.2) is 5.16 Å². The molecule has 1 saturated heterocycles. The molecule has 0 aromatic carbocycles. The van der Waals surface area contributed by atoms with E-state index in [4.69, 9.17) is 5.73 Å². The molecule has 0 saturated carbocycles. The van der Waals surface area contributed by atoms with Crippen molar-refractivity contribution in [2.24, 2.45) is 0 Å². The van der Waals surface area contributed by atoms with Gasteiger partial charge in [0.2, 0.25) is 5.91 Å². The molecule has 0 radical (unpaired) electrons. The van der Waals surface area contributed by atoms with Crippen LogP contribution in [0.4, 0.5) is 5.82 Å². The molecule has 7 heteroatoms. The van der Waals surface area contributed by atoms with Crippen molar-refractivity contribution in [3.05, 3.63) is 18.2 Å². The maximum absolute atomic E-state index is 11.9. The van der Waals surface area contributed by atoms with E-state index < -0.39 is 0 Å². The number of carbonyl (C=O) groups excluding carboxylic acids is 1. The number of aromatic nitrogens is 2. The number of amides is 1. The van der Waals surface area contributed by atoms with Crippen LogP contribution in [0.25, 0.3) is 0 Å². The van der Waals surface area contributed by atoms with Gasteiger partial charge in [0, 0.05) is 24.9 Å². The van der Waals surface area contributed by atoms with E-state index in [1.54, 1.807) is 12.1 Å². The fraction of sp³-hybridized carbons (Fsp3) is 0.500. The van der Waals surface area contributed by atoms with Gasteiger partial charge in [-0.25, -0.2) is 9.97 Å². The van der Waals surface area contributed by atoms with Crippen LogP contribution < -0.4 is 5.73 Å². The molecule has 2 rings (SSSR count). The van der Waals surface area contributed by atoms with Crippen molar-refractivity contribution in [3.63, 3.8) is 0 Å². The molecule has 5 nitrogen and oxygen atoms in total. The minimum absolute atomic E-state index is 0.105. The highest BCUT2D eigenvalue weighted by atomic mass is 32.2. The van der Waals surface area contributed by atoms with Gasteiger partial charge in [0.25, 0.3) is 0 Å². The first-order chi connectivity index (χ1) is 10.2. The maximum Gasteiger partial charge on any atom is 0.246 e. The molecule has 2 heterocycles. The number of likely N-dealkylation sites (tertiary alicyclic amines) is 1. The van der Waals surface area contributed by atoms with E-state index in [2.05, 4.69) is 9.97 Å². The highest BCUT2D eigenvalue weighted by Crippen LogP contribution is 2.20. The van der Waals surface area contributed by atoms with Gasteiger partial charge in [-0.2, -0.15) is 0 Å². The van der Waals surface area contributed by atoms with Gasteiger partial charge in [-0.15, -0.1) is 11.8 Å². The molecule has 0 atom stereocenters. The van der Waals surface area contributed by atoms with Crippen molar-refractivity contribution in [1.29, 1.82) is 0 Å². The summed E-state index contributed by atoms with van der Waals surface area (Å²) in [4.78, 5) is 22.4. The van der Waals surface area contributed by atoms with Crippen molar-refractivity contribution in [2.45, 2.75) is 29.4 Å². The first-order valence-electron chi connectivity index (χ1n) is 6.96. The predicted octanol–water partition coefficient (Wildman–Crippen LogP) is 2.44. The van der Waals surface area contributed by atoms with E-state index >= 15 is 0 Å². The first-order valence-corrected chi connectivity index (χ1v) is 9.17. The maximum atomic E-state index is 11.9. The Morgan fingerprint density at radius 3 is 2.86 bits per heavy atom. The van der Waals surface area contributed by atoms with Crippen molar-refractivity contribution >= 4 is 35.2 Å². The summed E-state index contributed by atoms with van der Waals surface area (Å²) < 4.78 is 0. The summed E-state index contributed by atoms with van der Waals surface area (Å²) >= 11 is 3.02. The largest absolute Gasteiger partial charge is 0.384 e. The number of rotatable bonds is 5. The number of nitrogen functional groups attached to an aromatic ring is 1. The third-order valence-corrected chi connectivity index (χ3v) is 4.58. The second-order valence-corrected chi connectivity index (χ2v) is 6.53. The number of anilines is 1. The third-order valence-electron chi connectivity index (χ3n) is 3.15. The van der Waals surface area contributed by atoms with Crippen LogP contribution in [0.2, 0.25) is 0 Å². The SMILES string of the molecule is CSc1cc(N)nc(SCC=CC(=O)N2CCCCC2)n1. The standard InChI is InChI=1S/C14H20N4OS2/c1-20-12-10-11(15)16-14(17-12)21-9-5-6-13(19)18-7-3-2-4-8-18/h5-6,10H,2-4,7-9H2,1H3,(H2,15,16,17). The topological polar surface area (TPSA) is 72.1 Å². The smallest absolute Gasteiger partial charge is 0.246 e. The lowest BCUT2D eigenvalue weighted by Gasteiger charge is -2.25. The zero-order chi connectivity index (χ0) is 15.1. The molecule has 2 N–H and O–H groups in total. The molecule has 1 amide bonds. The quantitative estimate of drug-likeness (QED) is 0.388. The molecule has 1 aromatic rings. The first kappa shape index (κ1) is 16.2. The summed E-state index contributed by atoms with van der Waals surface area (Å²) in [5.41, 5.74) is 5.73. The Labute approximate surface area is 133 Å². The number of hydrogen-bond acceptors (Lipinski definition) is 6. The van der Waals surface area contributed by atoms with Crippen LogP contribution >= 0.6 is 23.5 Å². The zero-order valence-electron chi connectivity index (χ0n) is 12.1. The van der Waals surface area contributed by atoms with Gasteiger partial charge in [-0.05, 0) is 31.6 Å². The van der Waals surface area contributed by atoms with Crippen LogP contribution in [0.1, 0.15) is 19.3 Å². The number of piperidine rings is 1. The van der Waals surface area contributed by atoms with E-state index in [0.29, 0.717) is 16.7 Å². The van der Waals surface area contributed by atoms with E-state index in [1.165, 1.54) is 29.9 Å². The summed E-state index contributed by atoms with van der Waals surface area (Å²) in [5.74, 6) is 1.25. The lowest BCUT2D eigenvalue weighted by molar-refractivity contribution is -0.126. The molecular weight excluding hydrogens is 304 g/mol. The fourth-order valence-corrected chi connectivity index (χ4v) is 3.23. The highest BCUT2D eigenvalue weighted by molar-refractivity contribution is 7.99. The monoisotopic (exact) mass is 324 g/mol. The number of hydrogen-bond donors (Lipinski definition) is 1. The molecule has 0 spiro atoms. The number of nitrogens with zero attached hydrogens (tertiary/aromatic N) is 3. The summed E-state index contributed by atoms with van der Waals surface area (Å²) in [6.07, 6.45) is 8.93. The summed E-state index contributed by atoms with van der Waals surface area (Å²) in [7, 11) is 0. The van der Waals surface area contributed by atoms with Crippen LogP contribution in [0.15, 0.2) is 28.4 Å². The fourth-order valence-electron chi connectivity index (χ4n) is 2.08. The van der Waals surface area contributed by atoms with Crippen LogP contribution in [0.3, 0.4) is 0 Å². The minimum atomic E-state index is 0.105. The van der Waals surface area contributed by atoms with Gasteiger partial charge in [-0.3, -0.25) is 4.79 Å². The van der Waals surface area contributed by atoms with Gasteiger partial charge >= 0.3 is 0 Å². The lowest BCUT2D eigenvalue weighted by atomic mass is 10.1. The van der Waals surface area contributed by atoms with Crippen LogP contribution in [-0.4, -0.2) is 45.9 Å². The Morgan fingerprint density at radius 1 is 1.38 bits per heavy atom. The molecule has 1 fully saturated rings. The molecular formula is C14H20N4OS2. The number of thioether (sulfide) groups is 2. The van der Waals surface area contributed by atoms with Crippen LogP contribution in [-0.2, 0) is 4.79 Å². The summed E-state index contributed by atoms with van der Waals surface area (Å²) in [5, 5.41) is 1.51. The predicted molar refractivity (Wildman–Crippen MR) is 88.5 cm³/mol. The lowest BCUT2D eigenvalue weighted by Crippen LogP contribution is -2.34. The molecule has 0 unspecified atom stereocenters. The van der Waals surface area contributed by atoms with Crippen molar-refractivity contribution in [1.82, 2.24) is 14.9 Å². The van der Waals surface area contributed by atoms with E-state index in [0.717, 1.165) is 31.0 Å². The average molecular weight is 324 g/mol. The normalized spacial score (nSPS) is 15.6. The Kier molecular flexibility index (Phi) is 6.38. The van der Waals surface area contributed by atoms with Crippen molar-refractivity contribution in [2.75, 3.05) is 30.8 Å². The molecule has 1 aliphatic rings. The molecule has 0 bridgehead atoms. The number of nitrogens with two attached hydrogens (primary N) is 1. The second kappa shape index (κ2) is 8.29. The molecule has 114 valence electrons. The third kappa shape index (κ3) is 5.24. The van der Waals surface area contributed by atoms with Gasteiger partial charge < -0.3 is 10.6 Å². The second-order valence-electron chi connectivity index (χ2n) is 4.72. The van der Waals surface area contributed by atoms with Crippen LogP contribution in [0, 0.1) is 0 Å².